The Labute approximate surface area is 103 Å². The lowest BCUT2D eigenvalue weighted by molar-refractivity contribution is -0.130. The van der Waals surface area contributed by atoms with Gasteiger partial charge in [0.25, 0.3) is 0 Å². The summed E-state index contributed by atoms with van der Waals surface area (Å²) >= 11 is 0. The van der Waals surface area contributed by atoms with E-state index in [9.17, 15) is 4.79 Å². The molecule has 3 nitrogen and oxygen atoms in total. The maximum atomic E-state index is 12.3. The van der Waals surface area contributed by atoms with Crippen LogP contribution in [0.1, 0.15) is 30.7 Å². The number of rotatable bonds is 2. The van der Waals surface area contributed by atoms with Crippen LogP contribution < -0.4 is 5.32 Å². The highest BCUT2D eigenvalue weighted by molar-refractivity contribution is 5.84. The van der Waals surface area contributed by atoms with E-state index < -0.39 is 0 Å². The van der Waals surface area contributed by atoms with Crippen molar-refractivity contribution in [3.63, 3.8) is 0 Å². The normalized spacial score (nSPS) is 21.2. The molecule has 0 aromatic heterocycles. The number of anilines is 1. The molecule has 92 valence electrons. The van der Waals surface area contributed by atoms with E-state index in [-0.39, 0.29) is 11.8 Å². The summed E-state index contributed by atoms with van der Waals surface area (Å²) in [5.41, 5.74) is 2.21. The molecule has 2 rings (SSSR count). The highest BCUT2D eigenvalue weighted by Gasteiger charge is 2.25. The first-order valence-corrected chi connectivity index (χ1v) is 6.25. The summed E-state index contributed by atoms with van der Waals surface area (Å²) < 4.78 is 0. The van der Waals surface area contributed by atoms with Gasteiger partial charge < -0.3 is 10.2 Å². The van der Waals surface area contributed by atoms with E-state index in [1.54, 1.807) is 0 Å². The lowest BCUT2D eigenvalue weighted by atomic mass is 9.93. The van der Waals surface area contributed by atoms with E-state index >= 15 is 0 Å². The summed E-state index contributed by atoms with van der Waals surface area (Å²) in [6.07, 6.45) is 3.21. The third kappa shape index (κ3) is 2.60. The third-order valence-electron chi connectivity index (χ3n) is 3.49. The van der Waals surface area contributed by atoms with Gasteiger partial charge in [0.1, 0.15) is 0 Å². The molecule has 1 aromatic rings. The molecule has 0 radical (unpaired) electrons. The van der Waals surface area contributed by atoms with Gasteiger partial charge in [-0.1, -0.05) is 18.6 Å². The smallest absolute Gasteiger partial charge is 0.229 e. The molecule has 0 bridgehead atoms. The quantitative estimate of drug-likeness (QED) is 0.849. The molecule has 17 heavy (non-hydrogen) atoms. The first kappa shape index (κ1) is 12.0. The topological polar surface area (TPSA) is 32.3 Å². The lowest BCUT2D eigenvalue weighted by Gasteiger charge is -2.20. The minimum Gasteiger partial charge on any atom is -0.388 e. The van der Waals surface area contributed by atoms with Gasteiger partial charge in [-0.15, -0.1) is 0 Å². The molecule has 1 aromatic carbocycles. The molecule has 0 aliphatic carbocycles. The standard InChI is InChI=1S/C14H20N2O/c1-15-12-7-5-6-11(10-12)13-8-3-4-9-16(2)14(13)17/h5-7,10,13,15H,3-4,8-9H2,1-2H3. The largest absolute Gasteiger partial charge is 0.388 e. The van der Waals surface area contributed by atoms with Crippen molar-refractivity contribution in [1.82, 2.24) is 4.90 Å². The van der Waals surface area contributed by atoms with Crippen molar-refractivity contribution in [3.8, 4) is 0 Å². The molecule has 1 atom stereocenters. The zero-order valence-corrected chi connectivity index (χ0v) is 10.6. The van der Waals surface area contributed by atoms with Crippen LogP contribution in [0.25, 0.3) is 0 Å². The number of likely N-dealkylation sites (tertiary alicyclic amines) is 1. The predicted molar refractivity (Wildman–Crippen MR) is 70.2 cm³/mol. The molecule has 3 heteroatoms. The summed E-state index contributed by atoms with van der Waals surface area (Å²) in [7, 11) is 3.81. The van der Waals surface area contributed by atoms with Crippen molar-refractivity contribution < 1.29 is 4.79 Å². The van der Waals surface area contributed by atoms with Gasteiger partial charge in [0, 0.05) is 26.3 Å². The van der Waals surface area contributed by atoms with Gasteiger partial charge in [-0.25, -0.2) is 0 Å². The fourth-order valence-corrected chi connectivity index (χ4v) is 2.42. The third-order valence-corrected chi connectivity index (χ3v) is 3.49. The van der Waals surface area contributed by atoms with Gasteiger partial charge in [-0.3, -0.25) is 4.79 Å². The van der Waals surface area contributed by atoms with Crippen molar-refractivity contribution >= 4 is 11.6 Å². The molecule has 1 heterocycles. The Bertz CT molecular complexity index is 403. The summed E-state index contributed by atoms with van der Waals surface area (Å²) in [6, 6.07) is 8.18. The molecule has 1 N–H and O–H groups in total. The second-order valence-electron chi connectivity index (χ2n) is 4.68. The van der Waals surface area contributed by atoms with Crippen molar-refractivity contribution in [1.29, 1.82) is 0 Å². The SMILES string of the molecule is CNc1cccc(C2CCCCN(C)C2=O)c1. The maximum absolute atomic E-state index is 12.3. The fraction of sp³-hybridized carbons (Fsp3) is 0.500. The molecular formula is C14H20N2O. The van der Waals surface area contributed by atoms with Crippen molar-refractivity contribution in [3.05, 3.63) is 29.8 Å². The molecule has 1 unspecified atom stereocenters. The number of hydrogen-bond donors (Lipinski definition) is 1. The van der Waals surface area contributed by atoms with Gasteiger partial charge in [0.15, 0.2) is 0 Å². The maximum Gasteiger partial charge on any atom is 0.229 e. The number of amides is 1. The van der Waals surface area contributed by atoms with E-state index in [0.717, 1.165) is 37.1 Å². The van der Waals surface area contributed by atoms with Gasteiger partial charge >= 0.3 is 0 Å². The van der Waals surface area contributed by atoms with Crippen LogP contribution >= 0.6 is 0 Å². The molecular weight excluding hydrogens is 212 g/mol. The Hall–Kier alpha value is -1.51. The van der Waals surface area contributed by atoms with E-state index in [0.29, 0.717) is 0 Å². The van der Waals surface area contributed by atoms with Crippen LogP contribution in [0.5, 0.6) is 0 Å². The molecule has 1 amide bonds. The van der Waals surface area contributed by atoms with Crippen LogP contribution in [-0.2, 0) is 4.79 Å². The number of hydrogen-bond acceptors (Lipinski definition) is 2. The summed E-state index contributed by atoms with van der Waals surface area (Å²) in [5.74, 6) is 0.298. The number of nitrogens with zero attached hydrogens (tertiary/aromatic N) is 1. The average Bonchev–Trinajstić information content (AvgIpc) is 2.53. The Morgan fingerprint density at radius 1 is 1.35 bits per heavy atom. The highest BCUT2D eigenvalue weighted by atomic mass is 16.2. The monoisotopic (exact) mass is 232 g/mol. The minimum atomic E-state index is 0.0378. The number of benzene rings is 1. The van der Waals surface area contributed by atoms with E-state index in [4.69, 9.17) is 0 Å². The van der Waals surface area contributed by atoms with Crippen LogP contribution in [0.4, 0.5) is 5.69 Å². The second kappa shape index (κ2) is 5.21. The molecule has 0 spiro atoms. The van der Waals surface area contributed by atoms with Crippen LogP contribution in [0, 0.1) is 0 Å². The molecule has 1 fully saturated rings. The van der Waals surface area contributed by atoms with Crippen LogP contribution in [0.15, 0.2) is 24.3 Å². The number of carbonyl (C=O) groups excluding carboxylic acids is 1. The molecule has 1 aliphatic heterocycles. The van der Waals surface area contributed by atoms with Crippen LogP contribution in [-0.4, -0.2) is 31.4 Å². The first-order chi connectivity index (χ1) is 8.22. The Morgan fingerprint density at radius 2 is 2.18 bits per heavy atom. The highest BCUT2D eigenvalue weighted by Crippen LogP contribution is 2.28. The van der Waals surface area contributed by atoms with Crippen molar-refractivity contribution in [2.45, 2.75) is 25.2 Å². The Kier molecular flexibility index (Phi) is 3.67. The first-order valence-electron chi connectivity index (χ1n) is 6.25. The average molecular weight is 232 g/mol. The van der Waals surface area contributed by atoms with E-state index in [1.165, 1.54) is 0 Å². The molecule has 1 aliphatic rings. The van der Waals surface area contributed by atoms with Gasteiger partial charge in [0.2, 0.25) is 5.91 Å². The van der Waals surface area contributed by atoms with Crippen LogP contribution in [0.2, 0.25) is 0 Å². The zero-order chi connectivity index (χ0) is 12.3. The van der Waals surface area contributed by atoms with Crippen LogP contribution in [0.3, 0.4) is 0 Å². The van der Waals surface area contributed by atoms with Gasteiger partial charge in [0.05, 0.1) is 5.92 Å². The number of likely N-dealkylation sites (N-methyl/N-ethyl adjacent to an activating group) is 1. The van der Waals surface area contributed by atoms with E-state index in [1.807, 2.05) is 31.1 Å². The van der Waals surface area contributed by atoms with Gasteiger partial charge in [-0.05, 0) is 30.5 Å². The summed E-state index contributed by atoms with van der Waals surface area (Å²) in [6.45, 7) is 0.890. The predicted octanol–water partition coefficient (Wildman–Crippen LogP) is 2.45. The second-order valence-corrected chi connectivity index (χ2v) is 4.68. The number of carbonyl (C=O) groups is 1. The molecule has 0 saturated carbocycles. The number of nitrogens with one attached hydrogen (secondary N) is 1. The zero-order valence-electron chi connectivity index (χ0n) is 10.6. The van der Waals surface area contributed by atoms with Crippen molar-refractivity contribution in [2.24, 2.45) is 0 Å². The summed E-state index contributed by atoms with van der Waals surface area (Å²) in [4.78, 5) is 14.1. The Morgan fingerprint density at radius 3 is 2.94 bits per heavy atom. The lowest BCUT2D eigenvalue weighted by Crippen LogP contribution is -2.30. The van der Waals surface area contributed by atoms with E-state index in [2.05, 4.69) is 17.4 Å². The molecule has 1 saturated heterocycles. The summed E-state index contributed by atoms with van der Waals surface area (Å²) in [5, 5.41) is 3.12. The van der Waals surface area contributed by atoms with Gasteiger partial charge in [-0.2, -0.15) is 0 Å². The van der Waals surface area contributed by atoms with Crippen molar-refractivity contribution in [2.75, 3.05) is 26.0 Å². The fourth-order valence-electron chi connectivity index (χ4n) is 2.42. The minimum absolute atomic E-state index is 0.0378. The Balaban J connectivity index is 2.26.